The minimum atomic E-state index is -0.868. The van der Waals surface area contributed by atoms with Crippen LogP contribution in [0.1, 0.15) is 36.6 Å². The van der Waals surface area contributed by atoms with E-state index >= 15 is 0 Å². The number of carbonyl (C=O) groups is 3. The third-order valence-electron chi connectivity index (χ3n) is 8.85. The number of phenolic OH excluding ortho intramolecular Hbond substituents is 1. The maximum atomic E-state index is 14.4. The Hall–Kier alpha value is -5.22. The van der Waals surface area contributed by atoms with Crippen LogP contribution >= 0.6 is 0 Å². The summed E-state index contributed by atoms with van der Waals surface area (Å²) in [5, 5.41) is 17.3. The second kappa shape index (κ2) is 13.0. The van der Waals surface area contributed by atoms with Gasteiger partial charge in [-0.2, -0.15) is 0 Å². The highest BCUT2D eigenvalue weighted by Crippen LogP contribution is 2.34. The van der Waals surface area contributed by atoms with Crippen molar-refractivity contribution in [3.8, 4) is 5.75 Å². The number of hydrogen-bond donors (Lipinski definition) is 2. The van der Waals surface area contributed by atoms with Crippen LogP contribution in [0.2, 0.25) is 0 Å². The van der Waals surface area contributed by atoms with Gasteiger partial charge in [0.2, 0.25) is 11.8 Å². The zero-order chi connectivity index (χ0) is 32.4. The molecule has 4 atom stereocenters. The van der Waals surface area contributed by atoms with Crippen LogP contribution in [0.25, 0.3) is 10.9 Å². The molecule has 2 fully saturated rings. The maximum Gasteiger partial charge on any atom is 0.334 e. The third-order valence-corrected chi connectivity index (χ3v) is 8.85. The van der Waals surface area contributed by atoms with Gasteiger partial charge in [0.15, 0.2) is 0 Å². The SMILES string of the molecule is C=CCN1CC(=O)N2C([C@H](C)N(Cc3ccc4ncccc4c3)C(=O)[C@@H]2Cc2ccc(O)cc2)N1C(=O)N[C@H](C)c1ccccc1. The third kappa shape index (κ3) is 6.03. The standard InChI is InChI=1S/C36H38N6O4/c1-4-19-39-23-33(44)41-32(21-26-12-15-30(43)16-13-26)35(45)40(22-27-14-17-31-29(20-27)11-8-18-37-31)25(3)34(41)42(39)36(46)38-24(2)28-9-6-5-7-10-28/h4-18,20,24-25,32,34,43H,1,19,21-23H2,2-3H3,(H,38,46)/t24-,25+,32+,34?/m1/s1. The van der Waals surface area contributed by atoms with Gasteiger partial charge in [0, 0.05) is 31.1 Å². The molecule has 0 aliphatic carbocycles. The number of urea groups is 1. The minimum Gasteiger partial charge on any atom is -0.508 e. The molecule has 0 bridgehead atoms. The molecule has 3 aromatic carbocycles. The zero-order valence-corrected chi connectivity index (χ0v) is 26.0. The largest absolute Gasteiger partial charge is 0.508 e. The topological polar surface area (TPSA) is 109 Å². The molecule has 10 nitrogen and oxygen atoms in total. The van der Waals surface area contributed by atoms with Crippen LogP contribution in [0.4, 0.5) is 4.79 Å². The number of nitrogens with one attached hydrogen (secondary N) is 1. The van der Waals surface area contributed by atoms with Crippen molar-refractivity contribution in [2.45, 2.75) is 51.1 Å². The number of piperazine rings is 1. The number of hydrogen-bond acceptors (Lipinski definition) is 6. The van der Waals surface area contributed by atoms with Gasteiger partial charge in [-0.3, -0.25) is 14.6 Å². The van der Waals surface area contributed by atoms with Crippen LogP contribution in [0.5, 0.6) is 5.75 Å². The Kier molecular flexibility index (Phi) is 8.72. The molecule has 1 aromatic heterocycles. The Balaban J connectivity index is 1.40. The first-order chi connectivity index (χ1) is 22.2. The van der Waals surface area contributed by atoms with E-state index in [0.717, 1.165) is 27.6 Å². The molecule has 10 heteroatoms. The smallest absolute Gasteiger partial charge is 0.334 e. The fourth-order valence-corrected chi connectivity index (χ4v) is 6.52. The molecule has 0 spiro atoms. The van der Waals surface area contributed by atoms with Gasteiger partial charge in [-0.05, 0) is 60.9 Å². The first-order valence-corrected chi connectivity index (χ1v) is 15.5. The summed E-state index contributed by atoms with van der Waals surface area (Å²) < 4.78 is 0. The van der Waals surface area contributed by atoms with Crippen LogP contribution in [0, 0.1) is 0 Å². The molecule has 3 heterocycles. The molecule has 0 saturated carbocycles. The van der Waals surface area contributed by atoms with E-state index in [-0.39, 0.29) is 55.7 Å². The Morgan fingerprint density at radius 3 is 2.52 bits per heavy atom. The quantitative estimate of drug-likeness (QED) is 0.279. The predicted molar refractivity (Wildman–Crippen MR) is 175 cm³/mol. The van der Waals surface area contributed by atoms with E-state index in [9.17, 15) is 19.5 Å². The number of hydrazine groups is 1. The first-order valence-electron chi connectivity index (χ1n) is 15.5. The lowest BCUT2D eigenvalue weighted by molar-refractivity contribution is -0.198. The summed E-state index contributed by atoms with van der Waals surface area (Å²) >= 11 is 0. The van der Waals surface area contributed by atoms with Gasteiger partial charge in [0.25, 0.3) is 0 Å². The molecular formula is C36H38N6O4. The Labute approximate surface area is 268 Å². The molecule has 1 unspecified atom stereocenters. The first kappa shape index (κ1) is 30.8. The molecule has 2 aliphatic heterocycles. The van der Waals surface area contributed by atoms with Crippen molar-refractivity contribution in [3.05, 3.63) is 120 Å². The predicted octanol–water partition coefficient (Wildman–Crippen LogP) is 4.63. The molecule has 0 radical (unpaired) electrons. The monoisotopic (exact) mass is 618 g/mol. The molecule has 236 valence electrons. The Morgan fingerprint density at radius 2 is 1.78 bits per heavy atom. The van der Waals surface area contributed by atoms with E-state index in [2.05, 4.69) is 16.9 Å². The number of carbonyl (C=O) groups excluding carboxylic acids is 3. The van der Waals surface area contributed by atoms with E-state index in [1.165, 1.54) is 0 Å². The Morgan fingerprint density at radius 1 is 1.04 bits per heavy atom. The van der Waals surface area contributed by atoms with Gasteiger partial charge in [0.1, 0.15) is 18.0 Å². The molecule has 2 saturated heterocycles. The van der Waals surface area contributed by atoms with E-state index in [1.54, 1.807) is 56.4 Å². The lowest BCUT2D eigenvalue weighted by atomic mass is 9.94. The van der Waals surface area contributed by atoms with Crippen molar-refractivity contribution in [1.82, 2.24) is 30.1 Å². The van der Waals surface area contributed by atoms with Crippen molar-refractivity contribution in [2.75, 3.05) is 13.1 Å². The van der Waals surface area contributed by atoms with Crippen LogP contribution in [0.15, 0.2) is 104 Å². The van der Waals surface area contributed by atoms with Crippen molar-refractivity contribution in [3.63, 3.8) is 0 Å². The second-order valence-electron chi connectivity index (χ2n) is 11.9. The molecule has 2 aliphatic rings. The fourth-order valence-electron chi connectivity index (χ4n) is 6.52. The number of rotatable bonds is 8. The minimum absolute atomic E-state index is 0.0839. The average molecular weight is 619 g/mol. The summed E-state index contributed by atoms with van der Waals surface area (Å²) in [7, 11) is 0. The van der Waals surface area contributed by atoms with E-state index < -0.39 is 18.2 Å². The maximum absolute atomic E-state index is 14.4. The van der Waals surface area contributed by atoms with Gasteiger partial charge in [-0.25, -0.2) is 14.8 Å². The number of phenols is 1. The summed E-state index contributed by atoms with van der Waals surface area (Å²) in [6, 6.07) is 24.0. The van der Waals surface area contributed by atoms with Gasteiger partial charge in [-0.15, -0.1) is 6.58 Å². The van der Waals surface area contributed by atoms with Crippen molar-refractivity contribution in [2.24, 2.45) is 0 Å². The van der Waals surface area contributed by atoms with Crippen LogP contribution in [0.3, 0.4) is 0 Å². The summed E-state index contributed by atoms with van der Waals surface area (Å²) in [6.45, 7) is 8.15. The summed E-state index contributed by atoms with van der Waals surface area (Å²) in [5.41, 5.74) is 3.50. The Bertz CT molecular complexity index is 1750. The molecule has 46 heavy (non-hydrogen) atoms. The highest BCUT2D eigenvalue weighted by atomic mass is 16.3. The van der Waals surface area contributed by atoms with E-state index in [4.69, 9.17) is 0 Å². The lowest BCUT2D eigenvalue weighted by Crippen LogP contribution is -2.79. The highest BCUT2D eigenvalue weighted by molar-refractivity contribution is 5.92. The molecular weight excluding hydrogens is 580 g/mol. The number of amides is 4. The van der Waals surface area contributed by atoms with Crippen LogP contribution in [-0.4, -0.2) is 79.1 Å². The number of benzene rings is 3. The fraction of sp³-hybridized carbons (Fsp3) is 0.278. The summed E-state index contributed by atoms with van der Waals surface area (Å²) in [5.74, 6) is -0.332. The van der Waals surface area contributed by atoms with Gasteiger partial charge >= 0.3 is 6.03 Å². The number of aromatic hydroxyl groups is 1. The average Bonchev–Trinajstić information content (AvgIpc) is 3.06. The lowest BCUT2D eigenvalue weighted by Gasteiger charge is -2.58. The number of pyridine rings is 1. The summed E-state index contributed by atoms with van der Waals surface area (Å²) in [4.78, 5) is 50.4. The van der Waals surface area contributed by atoms with E-state index in [0.29, 0.717) is 0 Å². The molecule has 4 amide bonds. The van der Waals surface area contributed by atoms with Crippen molar-refractivity contribution in [1.29, 1.82) is 0 Å². The summed E-state index contributed by atoms with van der Waals surface area (Å²) in [6.07, 6.45) is 2.85. The molecule has 6 rings (SSSR count). The number of fused-ring (bicyclic) bond motifs is 2. The van der Waals surface area contributed by atoms with Gasteiger partial charge < -0.3 is 20.2 Å². The molecule has 2 N–H and O–H groups in total. The van der Waals surface area contributed by atoms with Crippen molar-refractivity contribution >= 4 is 28.7 Å². The van der Waals surface area contributed by atoms with E-state index in [1.807, 2.05) is 74.5 Å². The van der Waals surface area contributed by atoms with Gasteiger partial charge in [-0.1, -0.05) is 60.7 Å². The van der Waals surface area contributed by atoms with Gasteiger partial charge in [0.05, 0.1) is 24.1 Å². The normalized spacial score (nSPS) is 20.8. The van der Waals surface area contributed by atoms with Crippen molar-refractivity contribution < 1.29 is 19.5 Å². The number of aromatic nitrogens is 1. The zero-order valence-electron chi connectivity index (χ0n) is 26.0. The number of nitrogens with zero attached hydrogens (tertiary/aromatic N) is 5. The second-order valence-corrected chi connectivity index (χ2v) is 11.9. The highest BCUT2D eigenvalue weighted by Gasteiger charge is 2.54. The molecule has 4 aromatic rings. The van der Waals surface area contributed by atoms with Crippen LogP contribution < -0.4 is 5.32 Å². The van der Waals surface area contributed by atoms with Crippen LogP contribution in [-0.2, 0) is 22.6 Å².